The number of phenols is 4. The Morgan fingerprint density at radius 3 is 1.69 bits per heavy atom. The largest absolute Gasteiger partial charge is 0.509 e. The molecule has 1 aromatic heterocycles. The Morgan fingerprint density at radius 1 is 0.412 bits per heavy atom. The number of fused-ring (bicyclic) bond motifs is 7. The first kappa shape index (κ1) is 30.8. The van der Waals surface area contributed by atoms with Crippen LogP contribution in [0, 0.1) is 0 Å². The molecular formula is C42H30B4O5. The molecule has 9 aromatic rings. The molecule has 240 valence electrons. The van der Waals surface area contributed by atoms with Gasteiger partial charge < -0.3 is 24.8 Å². The smallest absolute Gasteiger partial charge is 0.149 e. The van der Waals surface area contributed by atoms with Gasteiger partial charge in [0.1, 0.15) is 65.5 Å². The van der Waals surface area contributed by atoms with Gasteiger partial charge in [-0.15, -0.1) is 0 Å². The zero-order valence-corrected chi connectivity index (χ0v) is 28.6. The molecule has 51 heavy (non-hydrogen) atoms. The van der Waals surface area contributed by atoms with Crippen LogP contribution in [0.3, 0.4) is 0 Å². The van der Waals surface area contributed by atoms with Crippen LogP contribution in [0.15, 0.2) is 114 Å². The van der Waals surface area contributed by atoms with Crippen molar-refractivity contribution >= 4 is 107 Å². The number of phenolic OH excluding ortho intramolecular Hbond substituents is 4. The fourth-order valence-corrected chi connectivity index (χ4v) is 8.18. The van der Waals surface area contributed by atoms with Crippen LogP contribution in [0.4, 0.5) is 0 Å². The predicted molar refractivity (Wildman–Crippen MR) is 222 cm³/mol. The summed E-state index contributed by atoms with van der Waals surface area (Å²) in [5, 5.41) is 53.6. The second-order valence-electron chi connectivity index (χ2n) is 13.5. The maximum absolute atomic E-state index is 12.2. The number of hydrogen-bond donors (Lipinski definition) is 4. The molecule has 4 N–H and O–H groups in total. The Labute approximate surface area is 297 Å². The summed E-state index contributed by atoms with van der Waals surface area (Å²) in [6.45, 7) is 0. The van der Waals surface area contributed by atoms with E-state index in [1.54, 1.807) is 15.7 Å². The summed E-state index contributed by atoms with van der Waals surface area (Å²) in [6.07, 6.45) is 0. The molecule has 0 aliphatic rings. The number of benzene rings is 8. The lowest BCUT2D eigenvalue weighted by Crippen LogP contribution is -2.21. The molecule has 0 amide bonds. The highest BCUT2D eigenvalue weighted by Crippen LogP contribution is 2.51. The molecule has 8 aromatic carbocycles. The average Bonchev–Trinajstić information content (AvgIpc) is 3.56. The van der Waals surface area contributed by atoms with E-state index in [-0.39, 0.29) is 23.0 Å². The Bertz CT molecular complexity index is 2870. The van der Waals surface area contributed by atoms with Crippen molar-refractivity contribution < 1.29 is 24.8 Å². The van der Waals surface area contributed by atoms with E-state index in [0.29, 0.717) is 60.1 Å². The minimum atomic E-state index is -0.0747. The fraction of sp³-hybridized carbons (Fsp3) is 0. The molecule has 0 saturated carbocycles. The molecule has 9 rings (SSSR count). The summed E-state index contributed by atoms with van der Waals surface area (Å²) in [5.74, 6) is -0.181. The molecule has 5 nitrogen and oxygen atoms in total. The molecule has 0 saturated heterocycles. The van der Waals surface area contributed by atoms with Gasteiger partial charge >= 0.3 is 0 Å². The van der Waals surface area contributed by atoms with Crippen LogP contribution in [0.1, 0.15) is 0 Å². The highest BCUT2D eigenvalue weighted by Gasteiger charge is 2.29. The second-order valence-corrected chi connectivity index (χ2v) is 13.5. The Balaban J connectivity index is 1.55. The van der Waals surface area contributed by atoms with Crippen molar-refractivity contribution in [1.82, 2.24) is 0 Å². The van der Waals surface area contributed by atoms with Crippen LogP contribution in [-0.2, 0) is 0 Å². The number of hydrogen-bond acceptors (Lipinski definition) is 5. The van der Waals surface area contributed by atoms with E-state index in [1.165, 1.54) is 0 Å². The van der Waals surface area contributed by atoms with E-state index < -0.39 is 0 Å². The molecule has 0 unspecified atom stereocenters. The van der Waals surface area contributed by atoms with Gasteiger partial charge in [-0.2, -0.15) is 0 Å². The van der Waals surface area contributed by atoms with Gasteiger partial charge in [0.15, 0.2) is 0 Å². The minimum absolute atomic E-state index is 0.0157. The van der Waals surface area contributed by atoms with Gasteiger partial charge in [-0.3, -0.25) is 0 Å². The molecule has 0 atom stereocenters. The van der Waals surface area contributed by atoms with Gasteiger partial charge in [0, 0.05) is 32.5 Å². The maximum atomic E-state index is 12.2. The monoisotopic (exact) mass is 658 g/mol. The van der Waals surface area contributed by atoms with Crippen molar-refractivity contribution in [2.45, 2.75) is 0 Å². The SMILES string of the molecule is Bc1c(O)c(B)c2c(-c3cccc4oc5c6ccccc6ccc5c34)c3c(B)c(O)c(B)c(O)c3c(-c3cccc(-c4ccccc4)c3)c2c1O. The number of rotatable bonds is 3. The molecule has 9 heteroatoms. The van der Waals surface area contributed by atoms with Gasteiger partial charge in [-0.05, 0) is 84.0 Å². The summed E-state index contributed by atoms with van der Waals surface area (Å²) in [6, 6.07) is 36.3. The maximum Gasteiger partial charge on any atom is 0.149 e. The Kier molecular flexibility index (Phi) is 6.74. The zero-order chi connectivity index (χ0) is 35.3. The topological polar surface area (TPSA) is 94.1 Å². The van der Waals surface area contributed by atoms with Crippen molar-refractivity contribution in [3.63, 3.8) is 0 Å². The van der Waals surface area contributed by atoms with E-state index in [9.17, 15) is 20.4 Å². The van der Waals surface area contributed by atoms with Crippen LogP contribution in [0.5, 0.6) is 23.0 Å². The molecule has 0 radical (unpaired) electrons. The Morgan fingerprint density at radius 2 is 1.00 bits per heavy atom. The van der Waals surface area contributed by atoms with E-state index in [2.05, 4.69) is 30.3 Å². The first-order valence-corrected chi connectivity index (χ1v) is 17.0. The highest BCUT2D eigenvalue weighted by atomic mass is 16.3. The molecule has 0 bridgehead atoms. The molecule has 0 aliphatic carbocycles. The lowest BCUT2D eigenvalue weighted by Gasteiger charge is -2.25. The van der Waals surface area contributed by atoms with Crippen LogP contribution in [-0.4, -0.2) is 51.8 Å². The van der Waals surface area contributed by atoms with Crippen LogP contribution >= 0.6 is 0 Å². The fourth-order valence-electron chi connectivity index (χ4n) is 8.18. The van der Waals surface area contributed by atoms with E-state index >= 15 is 0 Å². The quantitative estimate of drug-likeness (QED) is 0.171. The molecule has 1 heterocycles. The first-order chi connectivity index (χ1) is 24.7. The van der Waals surface area contributed by atoms with E-state index in [0.717, 1.165) is 49.4 Å². The van der Waals surface area contributed by atoms with Gasteiger partial charge in [0.05, 0.1) is 0 Å². The van der Waals surface area contributed by atoms with Crippen molar-refractivity contribution in [3.05, 3.63) is 109 Å². The summed E-state index contributed by atoms with van der Waals surface area (Å²) in [7, 11) is 7.11. The summed E-state index contributed by atoms with van der Waals surface area (Å²) >= 11 is 0. The summed E-state index contributed by atoms with van der Waals surface area (Å²) in [5.41, 5.74) is 8.13. The van der Waals surface area contributed by atoms with E-state index in [4.69, 9.17) is 4.42 Å². The van der Waals surface area contributed by atoms with Crippen LogP contribution in [0.2, 0.25) is 0 Å². The molecular weight excluding hydrogens is 628 g/mol. The van der Waals surface area contributed by atoms with Gasteiger partial charge in [0.2, 0.25) is 0 Å². The summed E-state index contributed by atoms with van der Waals surface area (Å²) < 4.78 is 6.60. The minimum Gasteiger partial charge on any atom is -0.509 e. The third-order valence-electron chi connectivity index (χ3n) is 10.8. The standard InChI is InChI=1S/C42H30B4O5/c43-34-30-29(24-14-7-15-26-28(24)25-17-16-20-10-4-5-13-23(20)42(25)51-26)31-33(39(48)37(46)41(50)35(31)44)27(32(30)38(47)36(45)40(34)49)22-12-6-11-21(18-22)19-8-2-1-3-9-19/h1-18,47-50H,43-46H2. The number of furan rings is 1. The van der Waals surface area contributed by atoms with E-state index in [1.807, 2.05) is 94.6 Å². The van der Waals surface area contributed by atoms with Crippen molar-refractivity contribution in [1.29, 1.82) is 0 Å². The van der Waals surface area contributed by atoms with Crippen molar-refractivity contribution in [2.24, 2.45) is 0 Å². The summed E-state index contributed by atoms with van der Waals surface area (Å²) in [4.78, 5) is 0. The van der Waals surface area contributed by atoms with Crippen molar-refractivity contribution in [3.8, 4) is 56.4 Å². The van der Waals surface area contributed by atoms with Crippen molar-refractivity contribution in [2.75, 3.05) is 0 Å². The zero-order valence-electron chi connectivity index (χ0n) is 28.6. The third-order valence-corrected chi connectivity index (χ3v) is 10.8. The van der Waals surface area contributed by atoms with Gasteiger partial charge in [-0.25, -0.2) is 0 Å². The molecule has 0 fully saturated rings. The third kappa shape index (κ3) is 4.27. The Hall–Kier alpha value is -6.20. The second kappa shape index (κ2) is 11.2. The first-order valence-electron chi connectivity index (χ1n) is 17.0. The predicted octanol–water partition coefficient (Wildman–Crippen LogP) is 3.90. The lowest BCUT2D eigenvalue weighted by molar-refractivity contribution is 0.465. The van der Waals surface area contributed by atoms with Gasteiger partial charge in [0.25, 0.3) is 0 Å². The van der Waals surface area contributed by atoms with Crippen LogP contribution in [0.25, 0.3) is 87.6 Å². The highest BCUT2D eigenvalue weighted by molar-refractivity contribution is 6.55. The number of aromatic hydroxyl groups is 4. The van der Waals surface area contributed by atoms with Crippen LogP contribution < -0.4 is 21.9 Å². The molecule has 0 aliphatic heterocycles. The lowest BCUT2D eigenvalue weighted by atomic mass is 9.71. The normalized spacial score (nSPS) is 11.8. The average molecular weight is 658 g/mol. The van der Waals surface area contributed by atoms with Gasteiger partial charge in [-0.1, -0.05) is 91.0 Å². The molecule has 0 spiro atoms.